The van der Waals surface area contributed by atoms with Gasteiger partial charge in [-0.25, -0.2) is 0 Å². The molecule has 0 heterocycles. The summed E-state index contributed by atoms with van der Waals surface area (Å²) in [6.07, 6.45) is 30.5. The summed E-state index contributed by atoms with van der Waals surface area (Å²) in [5.41, 5.74) is 18.3. The third kappa shape index (κ3) is 12.6. The number of unbranched alkanes of at least 4 members (excludes halogenated alkanes) is 10. The van der Waals surface area contributed by atoms with Gasteiger partial charge >= 0.3 is 0 Å². The molecule has 0 radical (unpaired) electrons. The lowest BCUT2D eigenvalue weighted by Crippen LogP contribution is -2.63. The number of fused-ring (bicyclic) bond motifs is 5. The standard InChI is InChI=1S/C46H90N4O3/c1-5-6-7-8-9-10-11-12-13-14-15-28-50-29-16-20-36(2)39-21-22-40-44-41(35-43(46(39,40)4)53-32-19-27-49)45(3)24-23-38(51-30-17-25-47)33-37(45)34-42(44)52-31-18-26-48/h36-44,50H,5-35,47-49H2,1-4H3/t36?,37-,38+,39?,40-,41-,42+,43-,44-,45-,46+/m0/s1. The average Bonchev–Trinajstić information content (AvgIpc) is 3.52. The van der Waals surface area contributed by atoms with E-state index < -0.39 is 0 Å². The van der Waals surface area contributed by atoms with Crippen molar-refractivity contribution in [3.8, 4) is 0 Å². The molecule has 0 aliphatic heterocycles. The van der Waals surface area contributed by atoms with E-state index in [-0.39, 0.29) is 5.41 Å². The van der Waals surface area contributed by atoms with E-state index in [0.717, 1.165) is 52.0 Å². The Morgan fingerprint density at radius 2 is 1.25 bits per heavy atom. The Bertz CT molecular complexity index is 956. The Labute approximate surface area is 328 Å². The van der Waals surface area contributed by atoms with E-state index in [1.807, 2.05) is 0 Å². The first-order chi connectivity index (χ1) is 25.8. The van der Waals surface area contributed by atoms with E-state index in [9.17, 15) is 0 Å². The van der Waals surface area contributed by atoms with Crippen LogP contribution in [0.25, 0.3) is 0 Å². The molecule has 0 aromatic carbocycles. The lowest BCUT2D eigenvalue weighted by atomic mass is 9.43. The van der Waals surface area contributed by atoms with Gasteiger partial charge in [-0.15, -0.1) is 0 Å². The molecule has 0 saturated heterocycles. The Morgan fingerprint density at radius 1 is 0.642 bits per heavy atom. The normalized spacial score (nSPS) is 34.5. The first-order valence-corrected chi connectivity index (χ1v) is 23.5. The van der Waals surface area contributed by atoms with Crippen LogP contribution in [0.5, 0.6) is 0 Å². The number of nitrogens with one attached hydrogen (secondary N) is 1. The van der Waals surface area contributed by atoms with Crippen LogP contribution in [0.3, 0.4) is 0 Å². The monoisotopic (exact) mass is 747 g/mol. The van der Waals surface area contributed by atoms with Crippen LogP contribution in [-0.2, 0) is 14.2 Å². The quantitative estimate of drug-likeness (QED) is 0.0564. The summed E-state index contributed by atoms with van der Waals surface area (Å²) in [4.78, 5) is 0. The van der Waals surface area contributed by atoms with Crippen LogP contribution >= 0.6 is 0 Å². The van der Waals surface area contributed by atoms with Gasteiger partial charge < -0.3 is 36.7 Å². The molecule has 7 heteroatoms. The van der Waals surface area contributed by atoms with E-state index in [1.54, 1.807) is 0 Å². The molecule has 0 spiro atoms. The van der Waals surface area contributed by atoms with Gasteiger partial charge in [-0.05, 0) is 157 Å². The molecular formula is C46H90N4O3. The summed E-state index contributed by atoms with van der Waals surface area (Å²) in [5.74, 6) is 3.91. The summed E-state index contributed by atoms with van der Waals surface area (Å²) < 4.78 is 20.4. The molecule has 0 aromatic rings. The van der Waals surface area contributed by atoms with Crippen molar-refractivity contribution in [1.29, 1.82) is 0 Å². The minimum atomic E-state index is 0.180. The maximum absolute atomic E-state index is 7.06. The lowest BCUT2D eigenvalue weighted by molar-refractivity contribution is -0.227. The molecule has 7 nitrogen and oxygen atoms in total. The molecule has 0 bridgehead atoms. The van der Waals surface area contributed by atoms with Crippen molar-refractivity contribution < 1.29 is 14.2 Å². The number of hydrogen-bond acceptors (Lipinski definition) is 7. The van der Waals surface area contributed by atoms with Gasteiger partial charge in [-0.1, -0.05) is 91.9 Å². The number of rotatable bonds is 29. The third-order valence-electron chi connectivity index (χ3n) is 15.5. The van der Waals surface area contributed by atoms with Crippen LogP contribution in [0, 0.1) is 46.3 Å². The fourth-order valence-electron chi connectivity index (χ4n) is 12.4. The second-order valence-corrected chi connectivity index (χ2v) is 18.9. The van der Waals surface area contributed by atoms with Crippen molar-refractivity contribution in [3.05, 3.63) is 0 Å². The van der Waals surface area contributed by atoms with Gasteiger partial charge in [0.1, 0.15) is 0 Å². The SMILES string of the molecule is CCCCCCCCCCCCCNCCCC(C)C1CC[C@H]2[C@@H]3[C@H](OCCCN)C[C@@H]4C[C@H](OCCCN)CC[C@]4(C)[C@H]3C[C@H](OCCCN)[C@]12C. The zero-order valence-electron chi connectivity index (χ0n) is 35.6. The Kier molecular flexibility index (Phi) is 21.0. The first kappa shape index (κ1) is 45.4. The number of hydrogen-bond donors (Lipinski definition) is 4. The summed E-state index contributed by atoms with van der Waals surface area (Å²) in [6, 6.07) is 0. The summed E-state index contributed by atoms with van der Waals surface area (Å²) in [5, 5.41) is 3.81. The molecule has 4 fully saturated rings. The fraction of sp³-hybridized carbons (Fsp3) is 1.00. The van der Waals surface area contributed by atoms with Crippen molar-refractivity contribution in [1.82, 2.24) is 5.32 Å². The van der Waals surface area contributed by atoms with Crippen LogP contribution in [0.2, 0.25) is 0 Å². The second-order valence-electron chi connectivity index (χ2n) is 18.9. The molecule has 4 saturated carbocycles. The first-order valence-electron chi connectivity index (χ1n) is 23.5. The zero-order valence-corrected chi connectivity index (χ0v) is 35.6. The highest BCUT2D eigenvalue weighted by Gasteiger charge is 2.66. The molecule has 4 aliphatic rings. The van der Waals surface area contributed by atoms with Crippen molar-refractivity contribution in [2.24, 2.45) is 63.5 Å². The van der Waals surface area contributed by atoms with Gasteiger partial charge in [0.25, 0.3) is 0 Å². The molecule has 0 aromatic heterocycles. The van der Waals surface area contributed by atoms with Crippen molar-refractivity contribution in [2.45, 2.75) is 194 Å². The largest absolute Gasteiger partial charge is 0.378 e. The summed E-state index contributed by atoms with van der Waals surface area (Å²) in [7, 11) is 0. The molecule has 312 valence electrons. The minimum Gasteiger partial charge on any atom is -0.378 e. The van der Waals surface area contributed by atoms with E-state index in [4.69, 9.17) is 31.4 Å². The molecule has 4 rings (SSSR count). The van der Waals surface area contributed by atoms with Crippen LogP contribution in [-0.4, -0.2) is 70.9 Å². The van der Waals surface area contributed by atoms with Gasteiger partial charge in [-0.2, -0.15) is 0 Å². The van der Waals surface area contributed by atoms with Crippen molar-refractivity contribution >= 4 is 0 Å². The van der Waals surface area contributed by atoms with Crippen LogP contribution in [0.1, 0.15) is 175 Å². The third-order valence-corrected chi connectivity index (χ3v) is 15.5. The van der Waals surface area contributed by atoms with Crippen molar-refractivity contribution in [2.75, 3.05) is 52.5 Å². The highest BCUT2D eigenvalue weighted by atomic mass is 16.5. The van der Waals surface area contributed by atoms with Gasteiger partial charge in [0.05, 0.1) is 18.3 Å². The maximum Gasteiger partial charge on any atom is 0.0637 e. The smallest absolute Gasteiger partial charge is 0.0637 e. The van der Waals surface area contributed by atoms with Crippen LogP contribution < -0.4 is 22.5 Å². The fourth-order valence-corrected chi connectivity index (χ4v) is 12.4. The molecule has 2 unspecified atom stereocenters. The van der Waals surface area contributed by atoms with Crippen LogP contribution in [0.4, 0.5) is 0 Å². The van der Waals surface area contributed by atoms with E-state index >= 15 is 0 Å². The predicted octanol–water partition coefficient (Wildman–Crippen LogP) is 9.38. The molecule has 53 heavy (non-hydrogen) atoms. The molecule has 0 amide bonds. The minimum absolute atomic E-state index is 0.180. The Morgan fingerprint density at radius 3 is 1.91 bits per heavy atom. The van der Waals surface area contributed by atoms with E-state index in [0.29, 0.717) is 78.9 Å². The molecule has 11 atom stereocenters. The van der Waals surface area contributed by atoms with Gasteiger partial charge in [-0.3, -0.25) is 0 Å². The van der Waals surface area contributed by atoms with Gasteiger partial charge in [0.2, 0.25) is 0 Å². The highest BCUT2D eigenvalue weighted by molar-refractivity contribution is 5.15. The highest BCUT2D eigenvalue weighted by Crippen LogP contribution is 2.69. The molecule has 7 N–H and O–H groups in total. The zero-order chi connectivity index (χ0) is 37.9. The average molecular weight is 747 g/mol. The number of nitrogens with two attached hydrogens (primary N) is 3. The lowest BCUT2D eigenvalue weighted by Gasteiger charge is -2.65. The van der Waals surface area contributed by atoms with Gasteiger partial charge in [0, 0.05) is 25.2 Å². The maximum atomic E-state index is 7.06. The second kappa shape index (κ2) is 24.5. The number of ether oxygens (including phenoxy) is 3. The van der Waals surface area contributed by atoms with Crippen LogP contribution in [0.15, 0.2) is 0 Å². The van der Waals surface area contributed by atoms with Crippen molar-refractivity contribution in [3.63, 3.8) is 0 Å². The molecule has 4 aliphatic carbocycles. The summed E-state index contributed by atoms with van der Waals surface area (Å²) in [6.45, 7) is 17.0. The van der Waals surface area contributed by atoms with E-state index in [2.05, 4.69) is 33.0 Å². The van der Waals surface area contributed by atoms with E-state index in [1.165, 1.54) is 129 Å². The summed E-state index contributed by atoms with van der Waals surface area (Å²) >= 11 is 0. The predicted molar refractivity (Wildman–Crippen MR) is 224 cm³/mol. The Hall–Kier alpha value is -0.280. The topological polar surface area (TPSA) is 118 Å². The van der Waals surface area contributed by atoms with Gasteiger partial charge in [0.15, 0.2) is 0 Å². The Balaban J connectivity index is 1.33. The molecular weight excluding hydrogens is 657 g/mol.